The monoisotopic (exact) mass is 432 g/mol. The van der Waals surface area contributed by atoms with E-state index in [0.717, 1.165) is 10.5 Å². The topological polar surface area (TPSA) is 49.4 Å². The Kier molecular flexibility index (Phi) is 4.89. The molecular weight excluding hydrogens is 411 g/mol. The lowest BCUT2D eigenvalue weighted by molar-refractivity contribution is -0.131. The molecule has 3 rings (SSSR count). The summed E-state index contributed by atoms with van der Waals surface area (Å²) in [5, 5.41) is 2.76. The quantitative estimate of drug-likeness (QED) is 0.704. The van der Waals surface area contributed by atoms with Crippen molar-refractivity contribution in [1.29, 1.82) is 0 Å². The number of nitrogens with zero attached hydrogens (tertiary/aromatic N) is 1. The van der Waals surface area contributed by atoms with Crippen molar-refractivity contribution in [2.45, 2.75) is 45.2 Å². The lowest BCUT2D eigenvalue weighted by atomic mass is 9.84. The van der Waals surface area contributed by atoms with Gasteiger partial charge in [-0.05, 0) is 35.6 Å². The SMILES string of the molecule is CC(C)(C)c1ccc(C2(C)NC(=O)N(Cc3ccc(Br)cc3F)C2=O)cc1. The van der Waals surface area contributed by atoms with Crippen LogP contribution in [0, 0.1) is 5.82 Å². The number of imide groups is 1. The average molecular weight is 433 g/mol. The standard InChI is InChI=1S/C21H22BrFN2O2/c1-20(2,3)14-6-8-15(9-7-14)21(4)18(26)25(19(27)24-21)12-13-5-10-16(22)11-17(13)23/h5-11H,12H2,1-4H3,(H,24,27). The Morgan fingerprint density at radius 3 is 2.30 bits per heavy atom. The predicted octanol–water partition coefficient (Wildman–Crippen LogP) is 4.85. The van der Waals surface area contributed by atoms with Gasteiger partial charge >= 0.3 is 6.03 Å². The van der Waals surface area contributed by atoms with E-state index in [2.05, 4.69) is 42.0 Å². The van der Waals surface area contributed by atoms with E-state index in [1.165, 1.54) is 6.07 Å². The predicted molar refractivity (Wildman–Crippen MR) is 106 cm³/mol. The molecule has 1 N–H and O–H groups in total. The van der Waals surface area contributed by atoms with Crippen LogP contribution in [0.25, 0.3) is 0 Å². The Hall–Kier alpha value is -2.21. The molecule has 2 aromatic carbocycles. The van der Waals surface area contributed by atoms with Crippen LogP contribution < -0.4 is 5.32 Å². The van der Waals surface area contributed by atoms with Crippen LogP contribution in [0.2, 0.25) is 0 Å². The van der Waals surface area contributed by atoms with E-state index in [0.29, 0.717) is 10.0 Å². The van der Waals surface area contributed by atoms with Gasteiger partial charge in [0.25, 0.3) is 5.91 Å². The number of benzene rings is 2. The van der Waals surface area contributed by atoms with Crippen molar-refractivity contribution in [2.24, 2.45) is 0 Å². The first kappa shape index (κ1) is 19.5. The summed E-state index contributed by atoms with van der Waals surface area (Å²) < 4.78 is 14.7. The smallest absolute Gasteiger partial charge is 0.319 e. The van der Waals surface area contributed by atoms with Crippen molar-refractivity contribution in [3.8, 4) is 0 Å². The lowest BCUT2D eigenvalue weighted by Crippen LogP contribution is -2.40. The molecule has 1 aliphatic rings. The van der Waals surface area contributed by atoms with Crippen LogP contribution in [-0.2, 0) is 22.3 Å². The minimum atomic E-state index is -1.17. The zero-order chi connectivity index (χ0) is 20.0. The van der Waals surface area contributed by atoms with E-state index in [4.69, 9.17) is 0 Å². The maximum atomic E-state index is 14.1. The third-order valence-electron chi connectivity index (χ3n) is 4.95. The van der Waals surface area contributed by atoms with Gasteiger partial charge in [-0.1, -0.05) is 67.0 Å². The van der Waals surface area contributed by atoms with Crippen LogP contribution in [0.5, 0.6) is 0 Å². The number of rotatable bonds is 3. The third-order valence-corrected chi connectivity index (χ3v) is 5.44. The van der Waals surface area contributed by atoms with E-state index in [1.54, 1.807) is 19.1 Å². The van der Waals surface area contributed by atoms with Gasteiger partial charge < -0.3 is 5.32 Å². The summed E-state index contributed by atoms with van der Waals surface area (Å²) in [6.45, 7) is 7.90. The number of nitrogens with one attached hydrogen (secondary N) is 1. The second-order valence-corrected chi connectivity index (χ2v) is 8.93. The normalized spacial score (nSPS) is 20.1. The molecule has 6 heteroatoms. The van der Waals surface area contributed by atoms with E-state index in [1.807, 2.05) is 24.3 Å². The summed E-state index contributed by atoms with van der Waals surface area (Å²) in [5.74, 6) is -0.855. The number of amides is 3. The molecule has 0 aromatic heterocycles. The maximum Gasteiger partial charge on any atom is 0.325 e. The highest BCUT2D eigenvalue weighted by atomic mass is 79.9. The number of carbonyl (C=O) groups excluding carboxylic acids is 2. The van der Waals surface area contributed by atoms with Gasteiger partial charge in [-0.25, -0.2) is 9.18 Å². The Labute approximate surface area is 166 Å². The van der Waals surface area contributed by atoms with Crippen molar-refractivity contribution in [3.05, 3.63) is 69.4 Å². The Bertz CT molecular complexity index is 905. The highest BCUT2D eigenvalue weighted by Crippen LogP contribution is 2.32. The van der Waals surface area contributed by atoms with Crippen molar-refractivity contribution in [1.82, 2.24) is 10.2 Å². The number of halogens is 2. The first-order valence-corrected chi connectivity index (χ1v) is 9.51. The summed E-state index contributed by atoms with van der Waals surface area (Å²) in [6, 6.07) is 11.7. The summed E-state index contributed by atoms with van der Waals surface area (Å²) in [5.41, 5.74) is 0.953. The molecule has 0 saturated carbocycles. The summed E-state index contributed by atoms with van der Waals surface area (Å²) in [6.07, 6.45) is 0. The molecule has 1 heterocycles. The highest BCUT2D eigenvalue weighted by Gasteiger charge is 2.49. The number of hydrogen-bond donors (Lipinski definition) is 1. The Balaban J connectivity index is 1.88. The zero-order valence-electron chi connectivity index (χ0n) is 15.8. The summed E-state index contributed by atoms with van der Waals surface area (Å²) in [4.78, 5) is 26.5. The van der Waals surface area contributed by atoms with Crippen LogP contribution in [-0.4, -0.2) is 16.8 Å². The fourth-order valence-corrected chi connectivity index (χ4v) is 3.49. The van der Waals surface area contributed by atoms with Crippen LogP contribution in [0.4, 0.5) is 9.18 Å². The first-order valence-electron chi connectivity index (χ1n) is 8.71. The molecule has 2 aromatic rings. The lowest BCUT2D eigenvalue weighted by Gasteiger charge is -2.24. The van der Waals surface area contributed by atoms with Gasteiger partial charge in [-0.2, -0.15) is 0 Å². The van der Waals surface area contributed by atoms with Gasteiger partial charge in [0.05, 0.1) is 6.54 Å². The zero-order valence-corrected chi connectivity index (χ0v) is 17.4. The molecule has 0 aliphatic carbocycles. The fourth-order valence-electron chi connectivity index (χ4n) is 3.16. The Morgan fingerprint density at radius 1 is 1.11 bits per heavy atom. The minimum Gasteiger partial charge on any atom is -0.319 e. The second-order valence-electron chi connectivity index (χ2n) is 8.01. The molecule has 1 saturated heterocycles. The van der Waals surface area contributed by atoms with Crippen molar-refractivity contribution >= 4 is 27.9 Å². The first-order chi connectivity index (χ1) is 12.5. The van der Waals surface area contributed by atoms with E-state index < -0.39 is 23.3 Å². The van der Waals surface area contributed by atoms with Gasteiger partial charge in [0.15, 0.2) is 0 Å². The highest BCUT2D eigenvalue weighted by molar-refractivity contribution is 9.10. The Morgan fingerprint density at radius 2 is 1.74 bits per heavy atom. The molecule has 1 fully saturated rings. The largest absolute Gasteiger partial charge is 0.325 e. The molecule has 0 bridgehead atoms. The molecule has 142 valence electrons. The molecule has 0 spiro atoms. The van der Waals surface area contributed by atoms with Gasteiger partial charge in [-0.3, -0.25) is 9.69 Å². The van der Waals surface area contributed by atoms with E-state index in [9.17, 15) is 14.0 Å². The van der Waals surface area contributed by atoms with Gasteiger partial charge in [0.2, 0.25) is 0 Å². The van der Waals surface area contributed by atoms with E-state index in [-0.39, 0.29) is 17.5 Å². The summed E-state index contributed by atoms with van der Waals surface area (Å²) in [7, 11) is 0. The molecular formula is C21H22BrFN2O2. The molecule has 3 amide bonds. The average Bonchev–Trinajstić information content (AvgIpc) is 2.80. The van der Waals surface area contributed by atoms with Crippen molar-refractivity contribution in [3.63, 3.8) is 0 Å². The van der Waals surface area contributed by atoms with Gasteiger partial charge in [-0.15, -0.1) is 0 Å². The van der Waals surface area contributed by atoms with Crippen LogP contribution in [0.3, 0.4) is 0 Å². The van der Waals surface area contributed by atoms with Gasteiger partial charge in [0, 0.05) is 10.0 Å². The minimum absolute atomic E-state index is 0.00644. The number of hydrogen-bond acceptors (Lipinski definition) is 2. The van der Waals surface area contributed by atoms with Crippen LogP contribution >= 0.6 is 15.9 Å². The van der Waals surface area contributed by atoms with Crippen LogP contribution in [0.1, 0.15) is 44.4 Å². The molecule has 4 nitrogen and oxygen atoms in total. The van der Waals surface area contributed by atoms with Gasteiger partial charge in [0.1, 0.15) is 11.4 Å². The van der Waals surface area contributed by atoms with E-state index >= 15 is 0 Å². The fraction of sp³-hybridized carbons (Fsp3) is 0.333. The molecule has 1 atom stereocenters. The third kappa shape index (κ3) is 3.63. The molecule has 27 heavy (non-hydrogen) atoms. The molecule has 1 unspecified atom stereocenters. The molecule has 0 radical (unpaired) electrons. The van der Waals surface area contributed by atoms with Crippen molar-refractivity contribution in [2.75, 3.05) is 0 Å². The van der Waals surface area contributed by atoms with Crippen LogP contribution in [0.15, 0.2) is 46.9 Å². The summed E-state index contributed by atoms with van der Waals surface area (Å²) >= 11 is 3.20. The second kappa shape index (κ2) is 6.75. The number of urea groups is 1. The van der Waals surface area contributed by atoms with Crippen molar-refractivity contribution < 1.29 is 14.0 Å². The number of carbonyl (C=O) groups is 2. The maximum absolute atomic E-state index is 14.1. The molecule has 1 aliphatic heterocycles.